The van der Waals surface area contributed by atoms with Crippen LogP contribution in [0.2, 0.25) is 0 Å². The van der Waals surface area contributed by atoms with Crippen LogP contribution in [0, 0.1) is 0 Å². The van der Waals surface area contributed by atoms with Crippen molar-refractivity contribution in [1.82, 2.24) is 0 Å². The minimum Gasteiger partial charge on any atom is -0.492 e. The van der Waals surface area contributed by atoms with Gasteiger partial charge in [-0.25, -0.2) is 4.79 Å². The molecule has 1 N–H and O–H groups in total. The Morgan fingerprint density at radius 3 is 2.69 bits per heavy atom. The highest BCUT2D eigenvalue weighted by Gasteiger charge is 2.32. The summed E-state index contributed by atoms with van der Waals surface area (Å²) in [5.41, 5.74) is 0.911. The number of ether oxygens (including phenoxy) is 1. The number of fused-ring (bicyclic) bond motifs is 1. The predicted octanol–water partition coefficient (Wildman–Crippen LogP) is 1.62. The highest BCUT2D eigenvalue weighted by Crippen LogP contribution is 2.38. The zero-order chi connectivity index (χ0) is 11.9. The lowest BCUT2D eigenvalue weighted by Crippen LogP contribution is -2.19. The van der Waals surface area contributed by atoms with Gasteiger partial charge in [-0.15, -0.1) is 0 Å². The highest BCUT2D eigenvalue weighted by atomic mass is 16.5. The Balaban J connectivity index is 2.47. The number of ketones is 1. The van der Waals surface area contributed by atoms with Crippen molar-refractivity contribution < 1.29 is 19.4 Å². The first kappa shape index (κ1) is 10.7. The van der Waals surface area contributed by atoms with E-state index in [1.54, 1.807) is 12.1 Å². The predicted molar refractivity (Wildman–Crippen MR) is 56.9 cm³/mol. The first-order chi connectivity index (χ1) is 7.42. The molecule has 1 aliphatic heterocycles. The van der Waals surface area contributed by atoms with Crippen molar-refractivity contribution in [3.8, 4) is 5.75 Å². The van der Waals surface area contributed by atoms with Gasteiger partial charge in [0.15, 0.2) is 0 Å². The van der Waals surface area contributed by atoms with Gasteiger partial charge in [0.1, 0.15) is 5.75 Å². The Morgan fingerprint density at radius 1 is 1.38 bits per heavy atom. The minimum atomic E-state index is -1.43. The third-order valence-corrected chi connectivity index (χ3v) is 2.75. The van der Waals surface area contributed by atoms with Crippen molar-refractivity contribution in [2.75, 3.05) is 6.61 Å². The van der Waals surface area contributed by atoms with Crippen LogP contribution in [0.4, 0.5) is 0 Å². The second-order valence-corrected chi connectivity index (χ2v) is 4.52. The first-order valence-electron chi connectivity index (χ1n) is 4.97. The average Bonchev–Trinajstić information content (AvgIpc) is 2.53. The van der Waals surface area contributed by atoms with Gasteiger partial charge in [0.25, 0.3) is 5.78 Å². The van der Waals surface area contributed by atoms with Crippen LogP contribution >= 0.6 is 0 Å². The van der Waals surface area contributed by atoms with E-state index >= 15 is 0 Å². The molecule has 0 aromatic heterocycles. The molecule has 0 amide bonds. The Morgan fingerprint density at radius 2 is 2.06 bits per heavy atom. The quantitative estimate of drug-likeness (QED) is 0.607. The fraction of sp³-hybridized carbons (Fsp3) is 0.333. The summed E-state index contributed by atoms with van der Waals surface area (Å²) in [6.45, 7) is 4.54. The van der Waals surface area contributed by atoms with Gasteiger partial charge in [-0.3, -0.25) is 4.79 Å². The Bertz CT molecular complexity index is 474. The van der Waals surface area contributed by atoms with Gasteiger partial charge in [-0.1, -0.05) is 13.8 Å². The number of carbonyl (C=O) groups is 2. The van der Waals surface area contributed by atoms with Crippen molar-refractivity contribution in [2.45, 2.75) is 19.3 Å². The molecule has 16 heavy (non-hydrogen) atoms. The van der Waals surface area contributed by atoms with Crippen LogP contribution in [0.3, 0.4) is 0 Å². The molecule has 0 spiro atoms. The smallest absolute Gasteiger partial charge is 0.377 e. The molecule has 0 saturated carbocycles. The Kier molecular flexibility index (Phi) is 2.22. The van der Waals surface area contributed by atoms with Crippen molar-refractivity contribution in [1.29, 1.82) is 0 Å². The highest BCUT2D eigenvalue weighted by molar-refractivity contribution is 6.39. The van der Waals surface area contributed by atoms with E-state index in [1.165, 1.54) is 6.07 Å². The van der Waals surface area contributed by atoms with E-state index in [1.807, 2.05) is 13.8 Å². The van der Waals surface area contributed by atoms with Gasteiger partial charge in [0.05, 0.1) is 6.61 Å². The summed E-state index contributed by atoms with van der Waals surface area (Å²) in [5, 5.41) is 8.63. The van der Waals surface area contributed by atoms with Crippen LogP contribution in [-0.2, 0) is 10.2 Å². The Hall–Kier alpha value is -1.84. The molecule has 84 valence electrons. The molecule has 1 aromatic carbocycles. The first-order valence-corrected chi connectivity index (χ1v) is 4.97. The summed E-state index contributed by atoms with van der Waals surface area (Å²) < 4.78 is 5.45. The van der Waals surface area contributed by atoms with E-state index in [0.29, 0.717) is 6.61 Å². The molecule has 4 heteroatoms. The van der Waals surface area contributed by atoms with Crippen LogP contribution in [0.5, 0.6) is 5.75 Å². The fourth-order valence-electron chi connectivity index (χ4n) is 1.79. The SMILES string of the molecule is CC1(C)COc2ccc(C(=O)C(=O)O)cc21. The number of aliphatic carboxylic acids is 1. The van der Waals surface area contributed by atoms with E-state index in [0.717, 1.165) is 11.3 Å². The van der Waals surface area contributed by atoms with Gasteiger partial charge in [-0.2, -0.15) is 0 Å². The number of carboxylic acid groups (broad SMARTS) is 1. The van der Waals surface area contributed by atoms with Crippen molar-refractivity contribution >= 4 is 11.8 Å². The van der Waals surface area contributed by atoms with Crippen molar-refractivity contribution in [2.24, 2.45) is 0 Å². The zero-order valence-corrected chi connectivity index (χ0v) is 9.11. The van der Waals surface area contributed by atoms with E-state index < -0.39 is 11.8 Å². The molecule has 0 radical (unpaired) electrons. The summed E-state index contributed by atoms with van der Waals surface area (Å²) in [6, 6.07) is 4.75. The van der Waals surface area contributed by atoms with Gasteiger partial charge >= 0.3 is 5.97 Å². The molecular formula is C12H12O4. The fourth-order valence-corrected chi connectivity index (χ4v) is 1.79. The van der Waals surface area contributed by atoms with Crippen LogP contribution in [-0.4, -0.2) is 23.5 Å². The normalized spacial score (nSPS) is 16.4. The Labute approximate surface area is 92.8 Å². The number of hydrogen-bond donors (Lipinski definition) is 1. The van der Waals surface area contributed by atoms with Crippen LogP contribution in [0.15, 0.2) is 18.2 Å². The van der Waals surface area contributed by atoms with Gasteiger partial charge in [0, 0.05) is 16.5 Å². The summed E-state index contributed by atoms with van der Waals surface area (Å²) in [4.78, 5) is 21.9. The number of carboxylic acids is 1. The summed E-state index contributed by atoms with van der Waals surface area (Å²) >= 11 is 0. The molecule has 0 aliphatic carbocycles. The molecular weight excluding hydrogens is 208 g/mol. The monoisotopic (exact) mass is 220 g/mol. The lowest BCUT2D eigenvalue weighted by Gasteiger charge is -2.15. The van der Waals surface area contributed by atoms with Crippen molar-refractivity contribution in [3.05, 3.63) is 29.3 Å². The second kappa shape index (κ2) is 3.33. The number of carbonyl (C=O) groups excluding carboxylic acids is 1. The number of Topliss-reactive ketones (excluding diaryl/α,β-unsaturated/α-hetero) is 1. The average molecular weight is 220 g/mol. The van der Waals surface area contributed by atoms with E-state index in [2.05, 4.69) is 0 Å². The molecule has 2 rings (SSSR count). The van der Waals surface area contributed by atoms with E-state index in [4.69, 9.17) is 9.84 Å². The van der Waals surface area contributed by atoms with Crippen LogP contribution < -0.4 is 4.74 Å². The topological polar surface area (TPSA) is 63.6 Å². The molecule has 0 fully saturated rings. The number of rotatable bonds is 2. The van der Waals surface area contributed by atoms with E-state index in [9.17, 15) is 9.59 Å². The summed E-state index contributed by atoms with van der Waals surface area (Å²) in [7, 11) is 0. The minimum absolute atomic E-state index is 0.176. The van der Waals surface area contributed by atoms with Crippen LogP contribution in [0.25, 0.3) is 0 Å². The zero-order valence-electron chi connectivity index (χ0n) is 9.11. The molecule has 0 saturated heterocycles. The molecule has 1 heterocycles. The second-order valence-electron chi connectivity index (χ2n) is 4.52. The van der Waals surface area contributed by atoms with Gasteiger partial charge in [-0.05, 0) is 18.2 Å². The number of hydrogen-bond acceptors (Lipinski definition) is 3. The molecule has 0 unspecified atom stereocenters. The molecule has 1 aliphatic rings. The third kappa shape index (κ3) is 1.56. The lowest BCUT2D eigenvalue weighted by molar-refractivity contribution is -0.131. The van der Waals surface area contributed by atoms with Crippen molar-refractivity contribution in [3.63, 3.8) is 0 Å². The summed E-state index contributed by atoms with van der Waals surface area (Å²) in [5.74, 6) is -1.59. The molecule has 1 aromatic rings. The molecule has 0 bridgehead atoms. The maximum atomic E-state index is 11.3. The van der Waals surface area contributed by atoms with E-state index in [-0.39, 0.29) is 11.0 Å². The van der Waals surface area contributed by atoms with Gasteiger partial charge < -0.3 is 9.84 Å². The molecule has 4 nitrogen and oxygen atoms in total. The van der Waals surface area contributed by atoms with Crippen LogP contribution in [0.1, 0.15) is 29.8 Å². The molecule has 0 atom stereocenters. The van der Waals surface area contributed by atoms with Gasteiger partial charge in [0.2, 0.25) is 0 Å². The maximum absolute atomic E-state index is 11.3. The lowest BCUT2D eigenvalue weighted by atomic mass is 9.86. The number of benzene rings is 1. The maximum Gasteiger partial charge on any atom is 0.377 e. The largest absolute Gasteiger partial charge is 0.492 e. The summed E-state index contributed by atoms with van der Waals surface area (Å²) in [6.07, 6.45) is 0. The third-order valence-electron chi connectivity index (χ3n) is 2.75. The standard InChI is InChI=1S/C12H12O4/c1-12(2)6-16-9-4-3-7(5-8(9)12)10(13)11(14)15/h3-5H,6H2,1-2H3,(H,14,15).